The molecule has 1 heterocycles. The summed E-state index contributed by atoms with van der Waals surface area (Å²) < 4.78 is 112. The van der Waals surface area contributed by atoms with E-state index in [2.05, 4.69) is 194 Å². The largest absolute Gasteiger partial charge is 0.416 e. The van der Waals surface area contributed by atoms with E-state index >= 15 is 0 Å². The number of alkyl halides is 3. The number of rotatable bonds is 26. The van der Waals surface area contributed by atoms with Gasteiger partial charge in [-0.3, -0.25) is 0 Å². The first-order valence-corrected chi connectivity index (χ1v) is 44.8. The number of sulfonamides is 3. The van der Waals surface area contributed by atoms with E-state index in [0.717, 1.165) is 90.5 Å². The van der Waals surface area contributed by atoms with Gasteiger partial charge in [-0.25, -0.2) is 38.2 Å². The minimum atomic E-state index is -4.54. The third kappa shape index (κ3) is 53.8. The van der Waals surface area contributed by atoms with E-state index in [1.165, 1.54) is 17.5 Å². The summed E-state index contributed by atoms with van der Waals surface area (Å²) in [6.45, 7) is 79.5. The minimum absolute atomic E-state index is 0. The van der Waals surface area contributed by atoms with Gasteiger partial charge in [0.25, 0.3) is 0 Å². The van der Waals surface area contributed by atoms with Gasteiger partial charge in [-0.05, 0) is 164 Å². The number of nitrogens with zero attached hydrogens (tertiary/aromatic N) is 3. The van der Waals surface area contributed by atoms with Gasteiger partial charge >= 0.3 is 6.18 Å². The van der Waals surface area contributed by atoms with Gasteiger partial charge in [0.05, 0.1) is 29.0 Å². The van der Waals surface area contributed by atoms with Crippen molar-refractivity contribution in [3.8, 4) is 0 Å². The van der Waals surface area contributed by atoms with E-state index in [9.17, 15) is 64.0 Å². The van der Waals surface area contributed by atoms with Crippen LogP contribution in [0, 0.1) is 90.7 Å². The van der Waals surface area contributed by atoms with E-state index in [0.29, 0.717) is 91.7 Å². The molecule has 1 saturated heterocycles. The zero-order valence-electron chi connectivity index (χ0n) is 75.5. The molecule has 0 aromatic heterocycles. The molecule has 0 radical (unpaired) electrons. The Kier molecular flexibility index (Phi) is 54.3. The Morgan fingerprint density at radius 1 is 0.476 bits per heavy atom. The van der Waals surface area contributed by atoms with Crippen LogP contribution in [0.3, 0.4) is 0 Å². The molecule has 6 N–H and O–H groups in total. The molecule has 2 aliphatic rings. The van der Waals surface area contributed by atoms with Crippen molar-refractivity contribution in [3.63, 3.8) is 0 Å². The van der Waals surface area contributed by atoms with Gasteiger partial charge in [0.2, 0.25) is 30.1 Å². The first kappa shape index (κ1) is 118. The van der Waals surface area contributed by atoms with Crippen LogP contribution in [0.4, 0.5) is 13.2 Å². The zero-order valence-corrected chi connectivity index (χ0v) is 77.9. The van der Waals surface area contributed by atoms with Gasteiger partial charge in [0.1, 0.15) is 0 Å². The molecule has 0 bridgehead atoms. The second-order valence-electron chi connectivity index (χ2n) is 40.4. The number of aliphatic hydroxyl groups excluding tert-OH is 2. The Morgan fingerprint density at radius 3 is 0.962 bits per heavy atom. The highest BCUT2D eigenvalue weighted by atomic mass is 32.2. The Bertz CT molecular complexity index is 2520. The minimum Gasteiger partial charge on any atom is -0.396 e. The van der Waals surface area contributed by atoms with Crippen molar-refractivity contribution in [2.75, 3.05) is 58.9 Å². The second kappa shape index (κ2) is 48.5. The molecule has 0 aromatic carbocycles. The molecule has 2 unspecified atom stereocenters. The van der Waals surface area contributed by atoms with Gasteiger partial charge in [-0.2, -0.15) is 13.2 Å². The predicted octanol–water partition coefficient (Wildman–Crippen LogP) is 21.2. The van der Waals surface area contributed by atoms with Gasteiger partial charge in [0, 0.05) is 53.3 Å². The molecule has 2 rings (SSSR count). The van der Waals surface area contributed by atoms with E-state index in [4.69, 9.17) is 5.11 Å². The molecular formula is C84H182F3N3O12S3. The smallest absolute Gasteiger partial charge is 0.396 e. The summed E-state index contributed by atoms with van der Waals surface area (Å²) in [6.07, 6.45) is 8.69. The average molecular weight is 1580 g/mol. The lowest BCUT2D eigenvalue weighted by molar-refractivity contribution is -0.256. The van der Waals surface area contributed by atoms with Crippen LogP contribution in [0.2, 0.25) is 0 Å². The van der Waals surface area contributed by atoms with Crippen molar-refractivity contribution in [2.24, 2.45) is 90.7 Å². The van der Waals surface area contributed by atoms with Crippen LogP contribution in [-0.4, -0.2) is 162 Å². The molecule has 105 heavy (non-hydrogen) atoms. The maximum atomic E-state index is 12.4. The van der Waals surface area contributed by atoms with Crippen LogP contribution in [0.15, 0.2) is 0 Å². The molecule has 644 valence electrons. The normalized spacial score (nSPS) is 18.4. The van der Waals surface area contributed by atoms with Crippen molar-refractivity contribution >= 4 is 30.1 Å². The molecule has 0 amide bonds. The summed E-state index contributed by atoms with van der Waals surface area (Å²) >= 11 is 0. The van der Waals surface area contributed by atoms with E-state index in [1.807, 2.05) is 48.5 Å². The lowest BCUT2D eigenvalue weighted by Gasteiger charge is -2.34. The lowest BCUT2D eigenvalue weighted by Crippen LogP contribution is -2.42. The summed E-state index contributed by atoms with van der Waals surface area (Å²) in [4.78, 5) is 0. The lowest BCUT2D eigenvalue weighted by atomic mass is 9.74. The average Bonchev–Trinajstić information content (AvgIpc) is 1.71. The van der Waals surface area contributed by atoms with Crippen LogP contribution in [0.5, 0.6) is 0 Å². The van der Waals surface area contributed by atoms with Gasteiger partial charge in [0.15, 0.2) is 11.4 Å². The number of halogens is 3. The molecule has 0 aromatic rings. The fraction of sp³-hybridized carbons (Fsp3) is 1.00. The van der Waals surface area contributed by atoms with Crippen molar-refractivity contribution in [2.45, 2.75) is 394 Å². The van der Waals surface area contributed by atoms with E-state index < -0.39 is 53.2 Å². The Hall–Kier alpha value is -0.720. The predicted molar refractivity (Wildman–Crippen MR) is 448 cm³/mol. The van der Waals surface area contributed by atoms with Crippen molar-refractivity contribution in [1.82, 2.24) is 12.9 Å². The van der Waals surface area contributed by atoms with Gasteiger partial charge in [-0.1, -0.05) is 280 Å². The highest BCUT2D eigenvalue weighted by Crippen LogP contribution is 2.41. The molecule has 0 spiro atoms. The first-order valence-electron chi connectivity index (χ1n) is 39.8. The molecule has 1 aliphatic heterocycles. The SMILES string of the molecule is C.CC[C@@H](C(C)O)C(C)(C)C.CC[C@@H](CC(C)(C)O)C(C)(C)C.CC[C@@H](CC(C)(O)O)C(C)(C)C.CC[C@@H](CCC(C)(O)C(F)(F)F)C(C)(C)C.CC[C@@H](CN(C)S(=O)(=O)C1CC1)C(C)(C)C.CC[C@@H](CN(C)S(C)(=O)=O)C(C)(C)C.CC[C@@H](CN1CCCS1(=O)=O)C(C)(C)C.CC[C@@H](CO)C(C)(C)C. The van der Waals surface area contributed by atoms with Crippen molar-refractivity contribution in [1.29, 1.82) is 0 Å². The van der Waals surface area contributed by atoms with Crippen LogP contribution in [0.25, 0.3) is 0 Å². The second-order valence-corrected chi connectivity index (χ2v) is 46.9. The molecular weight excluding hydrogens is 1400 g/mol. The molecule has 1 aliphatic carbocycles. The molecule has 15 nitrogen and oxygen atoms in total. The van der Waals surface area contributed by atoms with Crippen LogP contribution >= 0.6 is 0 Å². The number of aliphatic hydroxyl groups is 6. The maximum Gasteiger partial charge on any atom is 0.416 e. The fourth-order valence-electron chi connectivity index (χ4n) is 13.4. The van der Waals surface area contributed by atoms with Gasteiger partial charge < -0.3 is 30.6 Å². The summed E-state index contributed by atoms with van der Waals surface area (Å²) in [7, 11) is -5.59. The third-order valence-corrected chi connectivity index (χ3v) is 27.4. The summed E-state index contributed by atoms with van der Waals surface area (Å²) in [6, 6.07) is 0. The number of hydrogen-bond donors (Lipinski definition) is 6. The highest BCUT2D eigenvalue weighted by molar-refractivity contribution is 7.90. The molecule has 2 fully saturated rings. The Morgan fingerprint density at radius 2 is 0.790 bits per heavy atom. The summed E-state index contributed by atoms with van der Waals surface area (Å²) in [5.41, 5.74) is -1.61. The van der Waals surface area contributed by atoms with Crippen LogP contribution < -0.4 is 0 Å². The van der Waals surface area contributed by atoms with Gasteiger partial charge in [-0.15, -0.1) is 0 Å². The molecule has 21 heteroatoms. The van der Waals surface area contributed by atoms with Crippen LogP contribution in [0.1, 0.15) is 360 Å². The number of hydrogen-bond acceptors (Lipinski definition) is 12. The molecule has 10 atom stereocenters. The van der Waals surface area contributed by atoms with E-state index in [1.54, 1.807) is 22.7 Å². The Labute approximate surface area is 652 Å². The Balaban J connectivity index is -0.000000210. The quantitative estimate of drug-likeness (QED) is 0.0444. The standard InChI is InChI=1S/C12H23F3O.C12H25NO2S.C11H23NO2S.C11H24O.C10H23NO2S.C10H22O2.C9H20O.C8H18O.CH4/c1-6-9(10(2,3)4)7-8-11(5,16)12(13,14)15;1-6-10(12(2,3)4)9-13(5)16(14,15)11-7-8-11;1-5-10(11(2,3)4)9-12-7-6-8-15(12,13)14;1-7-9(10(2,3)4)8-11(5,6)12;1-7-9(10(2,3)4)8-11(5)14(6,12)13;1-6-8(9(2,3)4)7-10(5,11)12;1-6-8(7(2)10)9(3,4)5;1-5-7(6-9)8(2,3)4;/h9,16H,6-8H2,1-5H3;10-11H,6-9H2,1-5H3;10H,5-9H2,1-4H3;9,12H,7-8H2,1-6H3;9H,7-8H2,1-6H3;8,11-12H,6-7H2,1-5H3;7-8,10H,6H2,1-5H3;7,9H,5-6H2,1-4H3;1H4/t9-,11?;2*10-;2*9-;8-;7?,8-;7-;/m00000000./s1. The third-order valence-electron chi connectivity index (χ3n) is 21.9. The molecule has 1 saturated carbocycles. The highest BCUT2D eigenvalue weighted by Gasteiger charge is 2.50. The zero-order chi connectivity index (χ0) is 84.9. The van der Waals surface area contributed by atoms with E-state index in [-0.39, 0.29) is 69.0 Å². The van der Waals surface area contributed by atoms with Crippen molar-refractivity contribution in [3.05, 3.63) is 0 Å². The topological polar surface area (TPSA) is 234 Å². The summed E-state index contributed by atoms with van der Waals surface area (Å²) in [5, 5.41) is 55.6. The fourth-order valence-corrected chi connectivity index (χ4v) is 17.0. The summed E-state index contributed by atoms with van der Waals surface area (Å²) in [5.74, 6) is 2.14. The first-order chi connectivity index (χ1) is 45.7. The van der Waals surface area contributed by atoms with Crippen molar-refractivity contribution < 1.29 is 69.1 Å². The maximum absolute atomic E-state index is 12.4. The monoisotopic (exact) mass is 1580 g/mol. The van der Waals surface area contributed by atoms with Crippen LogP contribution in [-0.2, 0) is 30.1 Å².